The highest BCUT2D eigenvalue weighted by molar-refractivity contribution is 5.80. The zero-order valence-corrected chi connectivity index (χ0v) is 18.9. The van der Waals surface area contributed by atoms with Crippen molar-refractivity contribution in [2.45, 2.75) is 12.8 Å². The van der Waals surface area contributed by atoms with Gasteiger partial charge in [0.1, 0.15) is 11.4 Å². The van der Waals surface area contributed by atoms with Crippen LogP contribution in [-0.4, -0.2) is 67.4 Å². The summed E-state index contributed by atoms with van der Waals surface area (Å²) in [6, 6.07) is 15.7. The highest BCUT2D eigenvalue weighted by Gasteiger charge is 2.31. The number of anilines is 2. The first kappa shape index (κ1) is 21.3. The molecule has 2 aliphatic heterocycles. The van der Waals surface area contributed by atoms with Crippen molar-refractivity contribution >= 4 is 17.4 Å². The van der Waals surface area contributed by atoms with E-state index in [1.165, 1.54) is 5.69 Å². The van der Waals surface area contributed by atoms with Crippen molar-refractivity contribution in [2.24, 2.45) is 5.92 Å². The second-order valence-electron chi connectivity index (χ2n) is 8.55. The van der Waals surface area contributed by atoms with Crippen molar-refractivity contribution in [3.05, 3.63) is 54.8 Å². The second kappa shape index (κ2) is 9.52. The van der Waals surface area contributed by atoms with Crippen molar-refractivity contribution in [1.82, 2.24) is 15.1 Å². The fourth-order valence-corrected chi connectivity index (χ4v) is 4.67. The fourth-order valence-electron chi connectivity index (χ4n) is 4.67. The van der Waals surface area contributed by atoms with Crippen molar-refractivity contribution in [3.63, 3.8) is 0 Å². The van der Waals surface area contributed by atoms with E-state index < -0.39 is 0 Å². The highest BCUT2D eigenvalue weighted by Crippen LogP contribution is 2.26. The van der Waals surface area contributed by atoms with Gasteiger partial charge in [0, 0.05) is 45.0 Å². The van der Waals surface area contributed by atoms with E-state index >= 15 is 0 Å². The Morgan fingerprint density at radius 3 is 2.45 bits per heavy atom. The maximum absolute atomic E-state index is 13.3. The Morgan fingerprint density at radius 2 is 1.79 bits per heavy atom. The fraction of sp³-hybridized carbons (Fsp3) is 0.400. The van der Waals surface area contributed by atoms with E-state index in [1.54, 1.807) is 13.4 Å². The molecule has 2 aliphatic rings. The van der Waals surface area contributed by atoms with Gasteiger partial charge < -0.3 is 23.9 Å². The Hall–Kier alpha value is -3.55. The minimum atomic E-state index is -0.00200. The summed E-state index contributed by atoms with van der Waals surface area (Å²) in [4.78, 5) is 19.8. The number of furan rings is 1. The van der Waals surface area contributed by atoms with Crippen molar-refractivity contribution in [3.8, 4) is 17.2 Å². The normalized spacial score (nSPS) is 18.9. The monoisotopic (exact) mass is 447 g/mol. The van der Waals surface area contributed by atoms with Gasteiger partial charge in [-0.2, -0.15) is 0 Å². The lowest BCUT2D eigenvalue weighted by molar-refractivity contribution is -0.136. The van der Waals surface area contributed by atoms with E-state index in [0.717, 1.165) is 57.1 Å². The summed E-state index contributed by atoms with van der Waals surface area (Å²) < 4.78 is 10.6. The van der Waals surface area contributed by atoms with Crippen LogP contribution in [-0.2, 0) is 4.79 Å². The van der Waals surface area contributed by atoms with Crippen LogP contribution >= 0.6 is 0 Å². The predicted octanol–water partition coefficient (Wildman–Crippen LogP) is 3.31. The molecule has 33 heavy (non-hydrogen) atoms. The molecule has 2 aromatic heterocycles. The van der Waals surface area contributed by atoms with Crippen molar-refractivity contribution < 1.29 is 13.9 Å². The predicted molar refractivity (Wildman–Crippen MR) is 126 cm³/mol. The number of carbonyl (C=O) groups is 1. The molecule has 172 valence electrons. The summed E-state index contributed by atoms with van der Waals surface area (Å²) in [6.07, 6.45) is 3.53. The highest BCUT2D eigenvalue weighted by atomic mass is 16.5. The van der Waals surface area contributed by atoms with Crippen LogP contribution < -0.4 is 14.5 Å². The Kier molecular flexibility index (Phi) is 6.15. The number of rotatable bonds is 5. The van der Waals surface area contributed by atoms with Gasteiger partial charge >= 0.3 is 0 Å². The summed E-state index contributed by atoms with van der Waals surface area (Å²) in [5, 5.41) is 8.71. The molecule has 2 saturated heterocycles. The lowest BCUT2D eigenvalue weighted by Crippen LogP contribution is -2.52. The van der Waals surface area contributed by atoms with E-state index in [2.05, 4.69) is 32.1 Å². The lowest BCUT2D eigenvalue weighted by Gasteiger charge is -2.40. The van der Waals surface area contributed by atoms with E-state index in [-0.39, 0.29) is 11.8 Å². The van der Waals surface area contributed by atoms with Crippen LogP contribution in [0.25, 0.3) is 11.5 Å². The number of amides is 1. The molecular weight excluding hydrogens is 418 g/mol. The molecule has 0 saturated carbocycles. The maximum Gasteiger partial charge on any atom is 0.227 e. The van der Waals surface area contributed by atoms with Crippen LogP contribution in [0.15, 0.2) is 59.2 Å². The Labute approximate surface area is 193 Å². The first-order chi connectivity index (χ1) is 16.2. The Bertz CT molecular complexity index is 1040. The molecule has 2 fully saturated rings. The molecule has 1 aromatic carbocycles. The summed E-state index contributed by atoms with van der Waals surface area (Å²) in [6.45, 7) is 4.76. The Morgan fingerprint density at radius 1 is 0.970 bits per heavy atom. The lowest BCUT2D eigenvalue weighted by atomic mass is 9.96. The molecule has 0 radical (unpaired) electrons. The number of piperazine rings is 1. The summed E-state index contributed by atoms with van der Waals surface area (Å²) >= 11 is 0. The maximum atomic E-state index is 13.3. The average molecular weight is 448 g/mol. The van der Waals surface area contributed by atoms with Gasteiger partial charge in [0.2, 0.25) is 5.91 Å². The van der Waals surface area contributed by atoms with E-state index in [4.69, 9.17) is 9.15 Å². The molecule has 5 rings (SSSR count). The van der Waals surface area contributed by atoms with Crippen LogP contribution in [0.3, 0.4) is 0 Å². The molecule has 8 heteroatoms. The van der Waals surface area contributed by atoms with Crippen LogP contribution in [0.2, 0.25) is 0 Å². The molecule has 0 aliphatic carbocycles. The third-order valence-corrected chi connectivity index (χ3v) is 6.55. The van der Waals surface area contributed by atoms with Crippen LogP contribution in [0.4, 0.5) is 11.5 Å². The molecular formula is C25H29N5O3. The third kappa shape index (κ3) is 4.65. The van der Waals surface area contributed by atoms with Crippen molar-refractivity contribution in [1.29, 1.82) is 0 Å². The Balaban J connectivity index is 1.17. The van der Waals surface area contributed by atoms with Crippen LogP contribution in [0.1, 0.15) is 12.8 Å². The molecule has 8 nitrogen and oxygen atoms in total. The number of aromatic nitrogens is 2. The van der Waals surface area contributed by atoms with Gasteiger partial charge in [-0.05, 0) is 61.4 Å². The molecule has 3 aromatic rings. The first-order valence-corrected chi connectivity index (χ1v) is 11.5. The standard InChI is InChI=1S/C25H29N5O3/c1-32-21-8-6-20(7-9-21)28-13-15-29(16-14-28)25(31)19-4-2-12-30(18-19)24-11-10-22(26-27-24)23-5-3-17-33-23/h3,5-11,17,19H,2,4,12-16,18H2,1H3. The number of ether oxygens (including phenoxy) is 1. The molecule has 1 amide bonds. The summed E-state index contributed by atoms with van der Waals surface area (Å²) in [5.74, 6) is 2.63. The van der Waals surface area contributed by atoms with E-state index in [0.29, 0.717) is 18.0 Å². The van der Waals surface area contributed by atoms with Gasteiger partial charge in [0.05, 0.1) is 19.3 Å². The summed E-state index contributed by atoms with van der Waals surface area (Å²) in [5.41, 5.74) is 1.88. The van der Waals surface area contributed by atoms with Gasteiger partial charge in [0.25, 0.3) is 0 Å². The van der Waals surface area contributed by atoms with E-state index in [9.17, 15) is 4.79 Å². The number of nitrogens with zero attached hydrogens (tertiary/aromatic N) is 5. The first-order valence-electron chi connectivity index (χ1n) is 11.5. The zero-order chi connectivity index (χ0) is 22.6. The van der Waals surface area contributed by atoms with Gasteiger partial charge in [-0.1, -0.05) is 0 Å². The molecule has 4 heterocycles. The number of hydrogen-bond acceptors (Lipinski definition) is 7. The van der Waals surface area contributed by atoms with E-state index in [1.807, 2.05) is 41.3 Å². The van der Waals surface area contributed by atoms with Gasteiger partial charge in [-0.15, -0.1) is 10.2 Å². The van der Waals surface area contributed by atoms with Crippen molar-refractivity contribution in [2.75, 3.05) is 56.2 Å². The summed E-state index contributed by atoms with van der Waals surface area (Å²) in [7, 11) is 1.67. The van der Waals surface area contributed by atoms with Crippen LogP contribution in [0, 0.1) is 5.92 Å². The minimum Gasteiger partial charge on any atom is -0.497 e. The van der Waals surface area contributed by atoms with Gasteiger partial charge in [-0.3, -0.25) is 4.79 Å². The topological polar surface area (TPSA) is 74.9 Å². The molecule has 0 spiro atoms. The SMILES string of the molecule is COc1ccc(N2CCN(C(=O)C3CCCN(c4ccc(-c5ccco5)nn4)C3)CC2)cc1. The zero-order valence-electron chi connectivity index (χ0n) is 18.9. The largest absolute Gasteiger partial charge is 0.497 e. The minimum absolute atomic E-state index is 0.00200. The number of benzene rings is 1. The smallest absolute Gasteiger partial charge is 0.227 e. The molecule has 1 unspecified atom stereocenters. The third-order valence-electron chi connectivity index (χ3n) is 6.55. The van der Waals surface area contributed by atoms with Gasteiger partial charge in [-0.25, -0.2) is 0 Å². The average Bonchev–Trinajstić information content (AvgIpc) is 3.44. The molecule has 0 bridgehead atoms. The number of hydrogen-bond donors (Lipinski definition) is 0. The molecule has 0 N–H and O–H groups in total. The van der Waals surface area contributed by atoms with Gasteiger partial charge in [0.15, 0.2) is 11.6 Å². The molecule has 1 atom stereocenters. The quantitative estimate of drug-likeness (QED) is 0.594. The number of methoxy groups -OCH3 is 1. The number of piperidine rings is 1. The second-order valence-corrected chi connectivity index (χ2v) is 8.55. The number of carbonyl (C=O) groups excluding carboxylic acids is 1. The van der Waals surface area contributed by atoms with Crippen LogP contribution in [0.5, 0.6) is 5.75 Å².